The zero-order valence-electron chi connectivity index (χ0n) is 9.93. The van der Waals surface area contributed by atoms with Gasteiger partial charge in [0.2, 0.25) is 0 Å². The van der Waals surface area contributed by atoms with Crippen LogP contribution in [0.25, 0.3) is 0 Å². The van der Waals surface area contributed by atoms with E-state index in [1.54, 1.807) is 0 Å². The summed E-state index contributed by atoms with van der Waals surface area (Å²) in [6.45, 7) is 2.49. The fourth-order valence-corrected chi connectivity index (χ4v) is 1.87. The van der Waals surface area contributed by atoms with Gasteiger partial charge >= 0.3 is 0 Å². The highest BCUT2D eigenvalue weighted by molar-refractivity contribution is 5.92. The van der Waals surface area contributed by atoms with Gasteiger partial charge in [0, 0.05) is 25.4 Å². The molecular weight excluding hydrogens is 214 g/mol. The van der Waals surface area contributed by atoms with Crippen LogP contribution in [0.1, 0.15) is 12.8 Å². The van der Waals surface area contributed by atoms with Gasteiger partial charge in [-0.3, -0.25) is 4.99 Å². The summed E-state index contributed by atoms with van der Waals surface area (Å²) in [4.78, 5) is 4.37. The van der Waals surface area contributed by atoms with Gasteiger partial charge in [-0.1, -0.05) is 18.2 Å². The van der Waals surface area contributed by atoms with Gasteiger partial charge < -0.3 is 15.8 Å². The highest BCUT2D eigenvalue weighted by Crippen LogP contribution is 2.14. The lowest BCUT2D eigenvalue weighted by Gasteiger charge is -2.20. The van der Waals surface area contributed by atoms with E-state index in [4.69, 9.17) is 10.5 Å². The largest absolute Gasteiger partial charge is 0.381 e. The molecule has 0 aromatic heterocycles. The number of rotatable bonds is 3. The topological polar surface area (TPSA) is 59.6 Å². The van der Waals surface area contributed by atoms with Gasteiger partial charge in [-0.15, -0.1) is 0 Å². The van der Waals surface area contributed by atoms with E-state index in [0.717, 1.165) is 38.3 Å². The maximum absolute atomic E-state index is 5.83. The highest BCUT2D eigenvalue weighted by Gasteiger charge is 2.12. The minimum absolute atomic E-state index is 0.489. The lowest BCUT2D eigenvalue weighted by molar-refractivity contribution is 0.0689. The molecule has 1 saturated heterocycles. The number of nitrogens with one attached hydrogen (secondary N) is 1. The minimum Gasteiger partial charge on any atom is -0.381 e. The van der Waals surface area contributed by atoms with Gasteiger partial charge in [0.1, 0.15) is 0 Å². The van der Waals surface area contributed by atoms with Crippen molar-refractivity contribution in [2.45, 2.75) is 12.8 Å². The maximum atomic E-state index is 5.83. The van der Waals surface area contributed by atoms with Gasteiger partial charge in [0.25, 0.3) is 0 Å². The lowest BCUT2D eigenvalue weighted by atomic mass is 10.0. The summed E-state index contributed by atoms with van der Waals surface area (Å²) in [5, 5.41) is 3.08. The molecule has 1 aliphatic rings. The van der Waals surface area contributed by atoms with Crippen molar-refractivity contribution in [3.63, 3.8) is 0 Å². The third-order valence-corrected chi connectivity index (χ3v) is 2.91. The second-order valence-corrected chi connectivity index (χ2v) is 4.27. The zero-order chi connectivity index (χ0) is 11.9. The van der Waals surface area contributed by atoms with E-state index >= 15 is 0 Å². The molecule has 92 valence electrons. The molecule has 1 aromatic rings. The summed E-state index contributed by atoms with van der Waals surface area (Å²) in [6.07, 6.45) is 2.17. The Bertz CT molecular complexity index is 358. The number of anilines is 1. The van der Waals surface area contributed by atoms with Gasteiger partial charge in [-0.05, 0) is 30.9 Å². The van der Waals surface area contributed by atoms with Crippen molar-refractivity contribution >= 4 is 11.6 Å². The molecule has 1 aromatic carbocycles. The fourth-order valence-electron chi connectivity index (χ4n) is 1.87. The number of para-hydroxylation sites is 1. The number of hydrogen-bond donors (Lipinski definition) is 2. The number of nitrogens with two attached hydrogens (primary N) is 1. The first kappa shape index (κ1) is 11.9. The molecule has 1 heterocycles. The summed E-state index contributed by atoms with van der Waals surface area (Å²) >= 11 is 0. The average molecular weight is 233 g/mol. The van der Waals surface area contributed by atoms with Gasteiger partial charge in [0.05, 0.1) is 0 Å². The Balaban J connectivity index is 1.80. The Kier molecular flexibility index (Phi) is 4.38. The Labute approximate surface area is 102 Å². The van der Waals surface area contributed by atoms with Crippen LogP contribution in [0.5, 0.6) is 0 Å². The first-order chi connectivity index (χ1) is 8.34. The third-order valence-electron chi connectivity index (χ3n) is 2.91. The number of hydrogen-bond acceptors (Lipinski definition) is 2. The van der Waals surface area contributed by atoms with Crippen molar-refractivity contribution in [1.82, 2.24) is 0 Å². The number of benzene rings is 1. The molecule has 0 atom stereocenters. The van der Waals surface area contributed by atoms with E-state index in [1.807, 2.05) is 30.3 Å². The molecule has 0 bridgehead atoms. The molecule has 3 N–H and O–H groups in total. The predicted molar refractivity (Wildman–Crippen MR) is 70.1 cm³/mol. The average Bonchev–Trinajstić information content (AvgIpc) is 2.39. The van der Waals surface area contributed by atoms with E-state index in [-0.39, 0.29) is 0 Å². The first-order valence-corrected chi connectivity index (χ1v) is 6.04. The molecule has 0 unspecified atom stereocenters. The molecule has 2 rings (SSSR count). The second-order valence-electron chi connectivity index (χ2n) is 4.27. The molecule has 4 nitrogen and oxygen atoms in total. The molecule has 4 heteroatoms. The minimum atomic E-state index is 0.489. The van der Waals surface area contributed by atoms with Gasteiger partial charge in [-0.25, -0.2) is 0 Å². The Morgan fingerprint density at radius 2 is 2.00 bits per heavy atom. The van der Waals surface area contributed by atoms with Crippen molar-refractivity contribution in [2.24, 2.45) is 16.6 Å². The lowest BCUT2D eigenvalue weighted by Crippen LogP contribution is -2.25. The second kappa shape index (κ2) is 6.25. The summed E-state index contributed by atoms with van der Waals surface area (Å²) in [7, 11) is 0. The summed E-state index contributed by atoms with van der Waals surface area (Å²) < 4.78 is 5.31. The van der Waals surface area contributed by atoms with Crippen molar-refractivity contribution in [3.05, 3.63) is 30.3 Å². The number of ether oxygens (including phenoxy) is 1. The van der Waals surface area contributed by atoms with Crippen LogP contribution in [0.2, 0.25) is 0 Å². The van der Waals surface area contributed by atoms with Crippen LogP contribution in [-0.4, -0.2) is 25.7 Å². The third kappa shape index (κ3) is 4.07. The summed E-state index contributed by atoms with van der Waals surface area (Å²) in [5.41, 5.74) is 6.80. The molecule has 1 fully saturated rings. The SMILES string of the molecule is NC(=NCC1CCOCC1)Nc1ccccc1. The molecule has 0 saturated carbocycles. The first-order valence-electron chi connectivity index (χ1n) is 6.04. The van der Waals surface area contributed by atoms with Crippen LogP contribution in [0, 0.1) is 5.92 Å². The smallest absolute Gasteiger partial charge is 0.193 e. The Hall–Kier alpha value is -1.55. The number of guanidine groups is 1. The standard InChI is InChI=1S/C13H19N3O/c14-13(16-12-4-2-1-3-5-12)15-10-11-6-8-17-9-7-11/h1-5,11H,6-10H2,(H3,14,15,16). The summed E-state index contributed by atoms with van der Waals surface area (Å²) in [6, 6.07) is 9.84. The zero-order valence-corrected chi connectivity index (χ0v) is 9.93. The van der Waals surface area contributed by atoms with E-state index < -0.39 is 0 Å². The number of aliphatic imine (C=N–C) groups is 1. The molecule has 1 aliphatic heterocycles. The van der Waals surface area contributed by atoms with Crippen LogP contribution < -0.4 is 11.1 Å². The van der Waals surface area contributed by atoms with Crippen molar-refractivity contribution in [1.29, 1.82) is 0 Å². The Morgan fingerprint density at radius 1 is 1.29 bits per heavy atom. The predicted octanol–water partition coefficient (Wildman–Crippen LogP) is 1.84. The molecule has 0 aliphatic carbocycles. The molecular formula is C13H19N3O. The van der Waals surface area contributed by atoms with Gasteiger partial charge in [0.15, 0.2) is 5.96 Å². The van der Waals surface area contributed by atoms with Crippen LogP contribution in [0.4, 0.5) is 5.69 Å². The van der Waals surface area contributed by atoms with E-state index in [2.05, 4.69) is 10.3 Å². The van der Waals surface area contributed by atoms with Crippen molar-refractivity contribution in [3.8, 4) is 0 Å². The fraction of sp³-hybridized carbons (Fsp3) is 0.462. The molecule has 17 heavy (non-hydrogen) atoms. The number of nitrogens with zero attached hydrogens (tertiary/aromatic N) is 1. The molecule has 0 spiro atoms. The normalized spacial score (nSPS) is 18.0. The highest BCUT2D eigenvalue weighted by atomic mass is 16.5. The monoisotopic (exact) mass is 233 g/mol. The van der Waals surface area contributed by atoms with Crippen LogP contribution in [-0.2, 0) is 4.74 Å². The van der Waals surface area contributed by atoms with Crippen molar-refractivity contribution in [2.75, 3.05) is 25.1 Å². The molecule has 0 amide bonds. The van der Waals surface area contributed by atoms with E-state index in [1.165, 1.54) is 0 Å². The Morgan fingerprint density at radius 3 is 2.71 bits per heavy atom. The van der Waals surface area contributed by atoms with Crippen LogP contribution in [0.3, 0.4) is 0 Å². The van der Waals surface area contributed by atoms with Crippen LogP contribution in [0.15, 0.2) is 35.3 Å². The van der Waals surface area contributed by atoms with E-state index in [0.29, 0.717) is 11.9 Å². The maximum Gasteiger partial charge on any atom is 0.193 e. The quantitative estimate of drug-likeness (QED) is 0.618. The van der Waals surface area contributed by atoms with Crippen molar-refractivity contribution < 1.29 is 4.74 Å². The molecule has 0 radical (unpaired) electrons. The van der Waals surface area contributed by atoms with Gasteiger partial charge in [-0.2, -0.15) is 0 Å². The van der Waals surface area contributed by atoms with E-state index in [9.17, 15) is 0 Å². The van der Waals surface area contributed by atoms with Crippen LogP contribution >= 0.6 is 0 Å². The summed E-state index contributed by atoms with van der Waals surface area (Å²) in [5.74, 6) is 1.10.